The van der Waals surface area contributed by atoms with Gasteiger partial charge in [0.1, 0.15) is 0 Å². The molecule has 4 rings (SSSR count). The van der Waals surface area contributed by atoms with Crippen LogP contribution in [-0.2, 0) is 16.0 Å². The van der Waals surface area contributed by atoms with Gasteiger partial charge in [0.15, 0.2) is 0 Å². The largest absolute Gasteiger partial charge is 0.379 e. The average molecular weight is 341 g/mol. The van der Waals surface area contributed by atoms with Crippen LogP contribution in [0.4, 0.5) is 0 Å². The molecule has 1 aromatic carbocycles. The molecular weight excluding hydrogens is 314 g/mol. The van der Waals surface area contributed by atoms with Crippen LogP contribution in [0.1, 0.15) is 18.9 Å². The lowest BCUT2D eigenvalue weighted by molar-refractivity contribution is -0.130. The van der Waals surface area contributed by atoms with Crippen molar-refractivity contribution >= 4 is 16.8 Å². The summed E-state index contributed by atoms with van der Waals surface area (Å²) in [5.41, 5.74) is 2.38. The normalized spacial score (nSPS) is 24.9. The third kappa shape index (κ3) is 3.44. The number of hydrogen-bond donors (Lipinski definition) is 1. The van der Waals surface area contributed by atoms with Crippen LogP contribution in [0.5, 0.6) is 0 Å². The van der Waals surface area contributed by atoms with Gasteiger partial charge in [0, 0.05) is 55.7 Å². The highest BCUT2D eigenvalue weighted by atomic mass is 16.5. The SMILES string of the molecule is C[C@H]1CN(C(=O)CCc2c[nH]c3ccccc23)C[C@@H]1N1CCOCC1. The van der Waals surface area contributed by atoms with E-state index in [1.807, 2.05) is 12.3 Å². The van der Waals surface area contributed by atoms with Gasteiger partial charge >= 0.3 is 0 Å². The predicted molar refractivity (Wildman–Crippen MR) is 98.5 cm³/mol. The van der Waals surface area contributed by atoms with Crippen LogP contribution in [0.15, 0.2) is 30.5 Å². The van der Waals surface area contributed by atoms with Crippen LogP contribution in [-0.4, -0.2) is 66.1 Å². The number of fused-ring (bicyclic) bond motifs is 1. The average Bonchev–Trinajstić information content (AvgIpc) is 3.24. The number of para-hydroxylation sites is 1. The molecule has 1 aromatic heterocycles. The molecule has 3 heterocycles. The second-order valence-electron chi connectivity index (χ2n) is 7.35. The number of H-pyrrole nitrogens is 1. The zero-order valence-electron chi connectivity index (χ0n) is 14.9. The number of morpholine rings is 1. The maximum Gasteiger partial charge on any atom is 0.222 e. The number of likely N-dealkylation sites (tertiary alicyclic amines) is 1. The fraction of sp³-hybridized carbons (Fsp3) is 0.550. The number of amides is 1. The second-order valence-corrected chi connectivity index (χ2v) is 7.35. The van der Waals surface area contributed by atoms with Gasteiger partial charge in [-0.1, -0.05) is 25.1 Å². The fourth-order valence-corrected chi connectivity index (χ4v) is 4.28. The Kier molecular flexibility index (Phi) is 4.77. The van der Waals surface area contributed by atoms with Crippen molar-refractivity contribution in [2.45, 2.75) is 25.8 Å². The van der Waals surface area contributed by atoms with E-state index >= 15 is 0 Å². The number of nitrogens with one attached hydrogen (secondary N) is 1. The van der Waals surface area contributed by atoms with E-state index in [-0.39, 0.29) is 5.91 Å². The van der Waals surface area contributed by atoms with Crippen molar-refractivity contribution in [2.75, 3.05) is 39.4 Å². The van der Waals surface area contributed by atoms with Gasteiger partial charge in [0.2, 0.25) is 5.91 Å². The van der Waals surface area contributed by atoms with E-state index < -0.39 is 0 Å². The van der Waals surface area contributed by atoms with Gasteiger partial charge in [0.05, 0.1) is 13.2 Å². The van der Waals surface area contributed by atoms with Crippen LogP contribution in [0.25, 0.3) is 10.9 Å². The number of carbonyl (C=O) groups excluding carboxylic acids is 1. The molecule has 0 spiro atoms. The van der Waals surface area contributed by atoms with Gasteiger partial charge in [-0.15, -0.1) is 0 Å². The lowest BCUT2D eigenvalue weighted by atomic mass is 10.0. The molecular formula is C20H27N3O2. The molecule has 25 heavy (non-hydrogen) atoms. The Bertz CT molecular complexity index is 735. The standard InChI is InChI=1S/C20H27N3O2/c1-15-13-23(14-19(15)22-8-10-25-11-9-22)20(24)7-6-16-12-21-18-5-3-2-4-17(16)18/h2-5,12,15,19,21H,6-11,13-14H2,1H3/t15-,19-/m0/s1. The zero-order chi connectivity index (χ0) is 17.2. The van der Waals surface area contributed by atoms with Crippen LogP contribution in [0.3, 0.4) is 0 Å². The number of aryl methyl sites for hydroxylation is 1. The molecule has 2 atom stereocenters. The number of ether oxygens (including phenoxy) is 1. The van der Waals surface area contributed by atoms with Crippen molar-refractivity contribution < 1.29 is 9.53 Å². The van der Waals surface area contributed by atoms with E-state index in [2.05, 4.69) is 39.9 Å². The van der Waals surface area contributed by atoms with E-state index in [1.165, 1.54) is 10.9 Å². The Morgan fingerprint density at radius 2 is 2.04 bits per heavy atom. The van der Waals surface area contributed by atoms with Crippen molar-refractivity contribution in [1.29, 1.82) is 0 Å². The quantitative estimate of drug-likeness (QED) is 0.928. The van der Waals surface area contributed by atoms with Gasteiger partial charge in [-0.25, -0.2) is 0 Å². The number of aromatic nitrogens is 1. The van der Waals surface area contributed by atoms with Gasteiger partial charge in [0.25, 0.3) is 0 Å². The van der Waals surface area contributed by atoms with Crippen molar-refractivity contribution in [1.82, 2.24) is 14.8 Å². The molecule has 1 N–H and O–H groups in total. The third-order valence-electron chi connectivity index (χ3n) is 5.72. The van der Waals surface area contributed by atoms with Crippen LogP contribution in [0, 0.1) is 5.92 Å². The molecule has 5 nitrogen and oxygen atoms in total. The summed E-state index contributed by atoms with van der Waals surface area (Å²) in [5, 5.41) is 1.23. The van der Waals surface area contributed by atoms with Crippen LogP contribution in [0.2, 0.25) is 0 Å². The topological polar surface area (TPSA) is 48.6 Å². The molecule has 2 saturated heterocycles. The molecule has 2 fully saturated rings. The summed E-state index contributed by atoms with van der Waals surface area (Å²) in [7, 11) is 0. The summed E-state index contributed by atoms with van der Waals surface area (Å²) in [6.07, 6.45) is 3.43. The second kappa shape index (κ2) is 7.18. The molecule has 0 unspecified atom stereocenters. The Labute approximate surface area is 148 Å². The van der Waals surface area contributed by atoms with E-state index in [1.54, 1.807) is 0 Å². The minimum Gasteiger partial charge on any atom is -0.379 e. The van der Waals surface area contributed by atoms with E-state index in [0.29, 0.717) is 18.4 Å². The predicted octanol–water partition coefficient (Wildman–Crippen LogP) is 2.28. The molecule has 2 aliphatic rings. The highest BCUT2D eigenvalue weighted by Crippen LogP contribution is 2.24. The first-order chi connectivity index (χ1) is 12.2. The Morgan fingerprint density at radius 1 is 1.24 bits per heavy atom. The first-order valence-corrected chi connectivity index (χ1v) is 9.37. The van der Waals surface area contributed by atoms with Crippen molar-refractivity contribution in [3.63, 3.8) is 0 Å². The summed E-state index contributed by atoms with van der Waals surface area (Å²) in [5.74, 6) is 0.822. The van der Waals surface area contributed by atoms with Crippen LogP contribution < -0.4 is 0 Å². The summed E-state index contributed by atoms with van der Waals surface area (Å²) >= 11 is 0. The first kappa shape index (κ1) is 16.6. The van der Waals surface area contributed by atoms with E-state index in [4.69, 9.17) is 4.74 Å². The van der Waals surface area contributed by atoms with Crippen molar-refractivity contribution in [3.8, 4) is 0 Å². The maximum atomic E-state index is 12.7. The molecule has 2 aliphatic heterocycles. The number of carbonyl (C=O) groups is 1. The minimum atomic E-state index is 0.285. The van der Waals surface area contributed by atoms with Gasteiger partial charge in [-0.2, -0.15) is 0 Å². The smallest absolute Gasteiger partial charge is 0.222 e. The third-order valence-corrected chi connectivity index (χ3v) is 5.72. The number of nitrogens with zero attached hydrogens (tertiary/aromatic N) is 2. The molecule has 2 aromatic rings. The Morgan fingerprint density at radius 3 is 2.88 bits per heavy atom. The Hall–Kier alpha value is -1.85. The molecule has 134 valence electrons. The zero-order valence-corrected chi connectivity index (χ0v) is 14.9. The number of aromatic amines is 1. The molecule has 1 amide bonds. The number of rotatable bonds is 4. The summed E-state index contributed by atoms with van der Waals surface area (Å²) in [6, 6.07) is 8.77. The summed E-state index contributed by atoms with van der Waals surface area (Å²) in [4.78, 5) is 20.6. The lowest BCUT2D eigenvalue weighted by Crippen LogP contribution is -2.47. The van der Waals surface area contributed by atoms with E-state index in [0.717, 1.165) is 51.3 Å². The maximum absolute atomic E-state index is 12.7. The monoisotopic (exact) mass is 341 g/mol. The molecule has 0 aliphatic carbocycles. The van der Waals surface area contributed by atoms with Crippen molar-refractivity contribution in [3.05, 3.63) is 36.0 Å². The summed E-state index contributed by atoms with van der Waals surface area (Å²) < 4.78 is 5.46. The number of hydrogen-bond acceptors (Lipinski definition) is 3. The molecule has 5 heteroatoms. The highest BCUT2D eigenvalue weighted by molar-refractivity contribution is 5.84. The summed E-state index contributed by atoms with van der Waals surface area (Å²) in [6.45, 7) is 7.64. The number of benzene rings is 1. The van der Waals surface area contributed by atoms with Crippen molar-refractivity contribution in [2.24, 2.45) is 5.92 Å². The molecule has 0 radical (unpaired) electrons. The van der Waals surface area contributed by atoms with E-state index in [9.17, 15) is 4.79 Å². The van der Waals surface area contributed by atoms with Crippen LogP contribution >= 0.6 is 0 Å². The van der Waals surface area contributed by atoms with Gasteiger partial charge in [-0.05, 0) is 24.0 Å². The Balaban J connectivity index is 1.35. The molecule has 0 bridgehead atoms. The first-order valence-electron chi connectivity index (χ1n) is 9.37. The van der Waals surface area contributed by atoms with Gasteiger partial charge < -0.3 is 14.6 Å². The highest BCUT2D eigenvalue weighted by Gasteiger charge is 2.36. The molecule has 0 saturated carbocycles. The minimum absolute atomic E-state index is 0.285. The lowest BCUT2D eigenvalue weighted by Gasteiger charge is -2.34. The fourth-order valence-electron chi connectivity index (χ4n) is 4.28. The van der Waals surface area contributed by atoms with Gasteiger partial charge in [-0.3, -0.25) is 9.69 Å².